The quantitative estimate of drug-likeness (QED) is 0.876. The zero-order valence-corrected chi connectivity index (χ0v) is 17.0. The number of hydrogen-bond acceptors (Lipinski definition) is 4. The summed E-state index contributed by atoms with van der Waals surface area (Å²) in [5.74, 6) is 1.67. The maximum absolute atomic E-state index is 9.74. The van der Waals surface area contributed by atoms with Gasteiger partial charge in [-0.05, 0) is 54.7 Å². The fourth-order valence-electron chi connectivity index (χ4n) is 4.67. The predicted molar refractivity (Wildman–Crippen MR) is 107 cm³/mol. The minimum atomic E-state index is 0.215. The summed E-state index contributed by atoms with van der Waals surface area (Å²) in [5, 5.41) is 9.74. The second-order valence-corrected chi connectivity index (χ2v) is 9.19. The molecule has 4 heteroatoms. The van der Waals surface area contributed by atoms with Crippen molar-refractivity contribution in [2.75, 3.05) is 33.3 Å². The molecule has 0 bridgehead atoms. The summed E-state index contributed by atoms with van der Waals surface area (Å²) in [7, 11) is 1.60. The Morgan fingerprint density at radius 3 is 2.27 bits per heavy atom. The smallest absolute Gasteiger partial charge is 0.160 e. The molecule has 0 atom stereocenters. The van der Waals surface area contributed by atoms with Crippen LogP contribution in [0.4, 0.5) is 0 Å². The van der Waals surface area contributed by atoms with Crippen molar-refractivity contribution in [1.29, 1.82) is 0 Å². The number of phenolic OH excluding ortho intramolecular Hbond substituents is 1. The molecule has 26 heavy (non-hydrogen) atoms. The summed E-state index contributed by atoms with van der Waals surface area (Å²) in [6, 6.07) is 6.48. The summed E-state index contributed by atoms with van der Waals surface area (Å²) in [5.41, 5.74) is 1.67. The van der Waals surface area contributed by atoms with Gasteiger partial charge >= 0.3 is 0 Å². The van der Waals surface area contributed by atoms with Gasteiger partial charge in [0.2, 0.25) is 0 Å². The lowest BCUT2D eigenvalue weighted by atomic mass is 9.71. The van der Waals surface area contributed by atoms with Crippen molar-refractivity contribution >= 4 is 0 Å². The minimum Gasteiger partial charge on any atom is -0.504 e. The van der Waals surface area contributed by atoms with Gasteiger partial charge < -0.3 is 9.84 Å². The van der Waals surface area contributed by atoms with Crippen LogP contribution in [0.5, 0.6) is 11.5 Å². The van der Waals surface area contributed by atoms with Crippen LogP contribution >= 0.6 is 0 Å². The minimum absolute atomic E-state index is 0.215. The lowest BCUT2D eigenvalue weighted by Gasteiger charge is -2.44. The molecule has 0 unspecified atom stereocenters. The van der Waals surface area contributed by atoms with E-state index in [1.54, 1.807) is 13.2 Å². The molecule has 0 spiro atoms. The van der Waals surface area contributed by atoms with E-state index in [0.717, 1.165) is 31.6 Å². The highest BCUT2D eigenvalue weighted by atomic mass is 16.5. The van der Waals surface area contributed by atoms with E-state index in [1.165, 1.54) is 44.3 Å². The van der Waals surface area contributed by atoms with E-state index in [2.05, 4.69) is 30.6 Å². The Bertz CT molecular complexity index is 580. The molecule has 0 aromatic heterocycles. The maximum atomic E-state index is 9.74. The number of aromatic hydroxyl groups is 1. The molecule has 1 saturated carbocycles. The fourth-order valence-corrected chi connectivity index (χ4v) is 4.67. The Hall–Kier alpha value is -1.26. The Kier molecular flexibility index (Phi) is 6.13. The number of benzene rings is 1. The number of nitrogens with zero attached hydrogens (tertiary/aromatic N) is 2. The van der Waals surface area contributed by atoms with Crippen LogP contribution in [0.25, 0.3) is 0 Å². The number of phenols is 1. The molecule has 1 aliphatic heterocycles. The van der Waals surface area contributed by atoms with E-state index >= 15 is 0 Å². The van der Waals surface area contributed by atoms with Gasteiger partial charge in [0.25, 0.3) is 0 Å². The Morgan fingerprint density at radius 2 is 1.69 bits per heavy atom. The summed E-state index contributed by atoms with van der Waals surface area (Å²) < 4.78 is 5.23. The van der Waals surface area contributed by atoms with Gasteiger partial charge in [-0.3, -0.25) is 9.80 Å². The number of ether oxygens (including phenoxy) is 1. The van der Waals surface area contributed by atoms with Crippen LogP contribution in [0.1, 0.15) is 52.0 Å². The van der Waals surface area contributed by atoms with Crippen LogP contribution in [-0.2, 0) is 6.54 Å². The number of rotatable bonds is 4. The van der Waals surface area contributed by atoms with Gasteiger partial charge in [0.05, 0.1) is 7.11 Å². The molecule has 2 fully saturated rings. The van der Waals surface area contributed by atoms with Crippen LogP contribution < -0.4 is 4.74 Å². The average molecular weight is 361 g/mol. The first-order chi connectivity index (χ1) is 12.4. The Balaban J connectivity index is 1.46. The molecule has 1 aliphatic carbocycles. The zero-order chi connectivity index (χ0) is 18.7. The molecule has 1 aromatic rings. The predicted octanol–water partition coefficient (Wildman–Crippen LogP) is 4.12. The van der Waals surface area contributed by atoms with Crippen molar-refractivity contribution in [2.45, 2.75) is 59.0 Å². The highest BCUT2D eigenvalue weighted by Crippen LogP contribution is 2.39. The molecule has 3 rings (SSSR count). The normalized spacial score (nSPS) is 26.0. The molecule has 1 aromatic carbocycles. The van der Waals surface area contributed by atoms with Crippen LogP contribution in [0.15, 0.2) is 18.2 Å². The third-order valence-corrected chi connectivity index (χ3v) is 6.50. The zero-order valence-electron chi connectivity index (χ0n) is 17.0. The monoisotopic (exact) mass is 360 g/mol. The van der Waals surface area contributed by atoms with Crippen LogP contribution in [0.3, 0.4) is 0 Å². The molecule has 4 nitrogen and oxygen atoms in total. The van der Waals surface area contributed by atoms with Gasteiger partial charge in [0.1, 0.15) is 0 Å². The Morgan fingerprint density at radius 1 is 1.04 bits per heavy atom. The van der Waals surface area contributed by atoms with Gasteiger partial charge in [-0.1, -0.05) is 26.8 Å². The first kappa shape index (κ1) is 19.5. The molecule has 0 radical (unpaired) electrons. The van der Waals surface area contributed by atoms with Crippen LogP contribution in [0, 0.1) is 11.3 Å². The topological polar surface area (TPSA) is 35.9 Å². The average Bonchev–Trinajstić information content (AvgIpc) is 2.63. The highest BCUT2D eigenvalue weighted by molar-refractivity contribution is 5.41. The van der Waals surface area contributed by atoms with E-state index < -0.39 is 0 Å². The third-order valence-electron chi connectivity index (χ3n) is 6.50. The molecule has 1 N–H and O–H groups in total. The van der Waals surface area contributed by atoms with Crippen molar-refractivity contribution in [3.63, 3.8) is 0 Å². The van der Waals surface area contributed by atoms with E-state index in [0.29, 0.717) is 11.2 Å². The molecule has 0 amide bonds. The second-order valence-electron chi connectivity index (χ2n) is 9.19. The summed E-state index contributed by atoms with van der Waals surface area (Å²) in [6.07, 6.45) is 5.53. The summed E-state index contributed by atoms with van der Waals surface area (Å²) in [6.45, 7) is 12.7. The van der Waals surface area contributed by atoms with Crippen molar-refractivity contribution < 1.29 is 9.84 Å². The number of hydrogen-bond donors (Lipinski definition) is 1. The first-order valence-corrected chi connectivity index (χ1v) is 10.2. The lowest BCUT2D eigenvalue weighted by Crippen LogP contribution is -2.51. The van der Waals surface area contributed by atoms with Gasteiger partial charge in [-0.2, -0.15) is 0 Å². The van der Waals surface area contributed by atoms with Crippen molar-refractivity contribution in [2.24, 2.45) is 11.3 Å². The summed E-state index contributed by atoms with van der Waals surface area (Å²) >= 11 is 0. The fraction of sp³-hybridized carbons (Fsp3) is 0.727. The lowest BCUT2D eigenvalue weighted by molar-refractivity contribution is 0.0520. The largest absolute Gasteiger partial charge is 0.504 e. The Labute approximate surface area is 159 Å². The van der Waals surface area contributed by atoms with Crippen molar-refractivity contribution in [1.82, 2.24) is 9.80 Å². The highest BCUT2D eigenvalue weighted by Gasteiger charge is 2.32. The van der Waals surface area contributed by atoms with Crippen molar-refractivity contribution in [3.8, 4) is 11.5 Å². The summed E-state index contributed by atoms with van der Waals surface area (Å²) in [4.78, 5) is 5.25. The van der Waals surface area contributed by atoms with Gasteiger partial charge in [0.15, 0.2) is 11.5 Å². The van der Waals surface area contributed by atoms with E-state index in [9.17, 15) is 5.11 Å². The second kappa shape index (κ2) is 8.18. The van der Waals surface area contributed by atoms with Crippen LogP contribution in [0.2, 0.25) is 0 Å². The molecule has 2 aliphatic rings. The third kappa shape index (κ3) is 4.72. The molecule has 146 valence electrons. The van der Waals surface area contributed by atoms with Gasteiger partial charge in [0, 0.05) is 38.8 Å². The van der Waals surface area contributed by atoms with E-state index in [1.807, 2.05) is 12.1 Å². The van der Waals surface area contributed by atoms with Gasteiger partial charge in [-0.25, -0.2) is 0 Å². The number of methoxy groups -OCH3 is 1. The molecular formula is C22H36N2O2. The SMILES string of the molecule is COc1cc(CN2CCN(C3CCC(C(C)(C)C)CC3)CC2)ccc1O. The molecular weight excluding hydrogens is 324 g/mol. The van der Waals surface area contributed by atoms with Crippen molar-refractivity contribution in [3.05, 3.63) is 23.8 Å². The number of piperazine rings is 1. The molecule has 1 saturated heterocycles. The molecule has 1 heterocycles. The van der Waals surface area contributed by atoms with E-state index in [-0.39, 0.29) is 5.75 Å². The maximum Gasteiger partial charge on any atom is 0.160 e. The van der Waals surface area contributed by atoms with E-state index in [4.69, 9.17) is 4.74 Å². The van der Waals surface area contributed by atoms with Crippen LogP contribution in [-0.4, -0.2) is 54.2 Å². The first-order valence-electron chi connectivity index (χ1n) is 10.2. The standard InChI is InChI=1S/C22H36N2O2/c1-22(2,3)18-6-8-19(9-7-18)24-13-11-23(12-14-24)16-17-5-10-20(25)21(15-17)26-4/h5,10,15,18-19,25H,6-9,11-14,16H2,1-4H3. The van der Waals surface area contributed by atoms with Gasteiger partial charge in [-0.15, -0.1) is 0 Å².